The van der Waals surface area contributed by atoms with Crippen LogP contribution in [0.4, 0.5) is 5.95 Å². The van der Waals surface area contributed by atoms with Crippen LogP contribution in [-0.4, -0.2) is 71.9 Å². The largest absolute Gasteiger partial charge is 0.471 e. The van der Waals surface area contributed by atoms with Crippen molar-refractivity contribution < 1.29 is 17.9 Å². The minimum atomic E-state index is -4.10. The summed E-state index contributed by atoms with van der Waals surface area (Å²) in [6.45, 7) is 10.3. The third-order valence-corrected chi connectivity index (χ3v) is 12.2. The molecule has 2 aliphatic heterocycles. The number of hydrogen-bond donors (Lipinski definition) is 1. The maximum atomic E-state index is 14.4. The lowest BCUT2D eigenvalue weighted by Crippen LogP contribution is -2.55. The van der Waals surface area contributed by atoms with E-state index in [2.05, 4.69) is 33.4 Å². The highest BCUT2D eigenvalue weighted by Gasteiger charge is 2.48. The van der Waals surface area contributed by atoms with Crippen molar-refractivity contribution in [2.45, 2.75) is 102 Å². The fourth-order valence-electron chi connectivity index (χ4n) is 8.60. The molecule has 3 aromatic rings. The summed E-state index contributed by atoms with van der Waals surface area (Å²) in [6, 6.07) is 14.6. The van der Waals surface area contributed by atoms with Crippen molar-refractivity contribution in [1.82, 2.24) is 19.8 Å². The van der Waals surface area contributed by atoms with Gasteiger partial charge < -0.3 is 9.64 Å². The second kappa shape index (κ2) is 12.5. The summed E-state index contributed by atoms with van der Waals surface area (Å²) in [4.78, 5) is 28.2. The highest BCUT2D eigenvalue weighted by atomic mass is 32.2. The van der Waals surface area contributed by atoms with Gasteiger partial charge in [-0.1, -0.05) is 57.4 Å². The number of rotatable bonds is 4. The highest BCUT2D eigenvalue weighted by molar-refractivity contribution is 7.92. The van der Waals surface area contributed by atoms with Gasteiger partial charge in [0, 0.05) is 42.4 Å². The maximum Gasteiger partial charge on any atom is 0.264 e. The molecule has 7 rings (SSSR count). The van der Waals surface area contributed by atoms with Crippen LogP contribution >= 0.6 is 0 Å². The number of carbonyl (C=O) groups is 1. The number of benzene rings is 2. The van der Waals surface area contributed by atoms with E-state index in [1.54, 1.807) is 18.2 Å². The van der Waals surface area contributed by atoms with Crippen molar-refractivity contribution in [2.24, 2.45) is 11.3 Å². The number of fused-ring (bicyclic) bond motifs is 6. The van der Waals surface area contributed by atoms with Crippen LogP contribution < -0.4 is 9.46 Å². The smallest absolute Gasteiger partial charge is 0.264 e. The van der Waals surface area contributed by atoms with Gasteiger partial charge in [0.1, 0.15) is 6.10 Å². The van der Waals surface area contributed by atoms with E-state index in [0.717, 1.165) is 29.7 Å². The minimum absolute atomic E-state index is 0.00760. The van der Waals surface area contributed by atoms with Gasteiger partial charge in [-0.25, -0.2) is 18.1 Å². The molecule has 9 nitrogen and oxygen atoms in total. The van der Waals surface area contributed by atoms with Gasteiger partial charge in [-0.05, 0) is 86.6 Å². The Morgan fingerprint density at radius 1 is 0.957 bits per heavy atom. The lowest BCUT2D eigenvalue weighted by atomic mass is 9.58. The lowest BCUT2D eigenvalue weighted by Gasteiger charge is -2.54. The Labute approximate surface area is 279 Å². The Kier molecular flexibility index (Phi) is 8.53. The van der Waals surface area contributed by atoms with Crippen LogP contribution in [0.3, 0.4) is 0 Å². The molecule has 4 aliphatic rings. The predicted molar refractivity (Wildman–Crippen MR) is 183 cm³/mol. The number of nitrogens with zero attached hydrogens (tertiary/aromatic N) is 4. The van der Waals surface area contributed by atoms with Crippen LogP contribution in [0, 0.1) is 25.2 Å². The van der Waals surface area contributed by atoms with E-state index in [-0.39, 0.29) is 28.9 Å². The fraction of sp³-hybridized carbons (Fsp3) is 0.541. The molecular weight excluding hydrogens is 611 g/mol. The van der Waals surface area contributed by atoms with Gasteiger partial charge in [0.25, 0.3) is 15.9 Å². The molecular formula is C37H47N5O4S. The number of aryl methyl sites for hydroxylation is 2. The molecule has 2 atom stereocenters. The third kappa shape index (κ3) is 6.51. The second-order valence-electron chi connectivity index (χ2n) is 14.9. The number of sulfonamides is 1. The lowest BCUT2D eigenvalue weighted by molar-refractivity contribution is -0.0354. The van der Waals surface area contributed by atoms with E-state index < -0.39 is 10.0 Å². The summed E-state index contributed by atoms with van der Waals surface area (Å²) in [5, 5.41) is 0. The molecule has 3 fully saturated rings. The number of carbonyl (C=O) groups excluding carboxylic acids is 1. The van der Waals surface area contributed by atoms with Crippen LogP contribution in [0.2, 0.25) is 0 Å². The molecule has 47 heavy (non-hydrogen) atoms. The van der Waals surface area contributed by atoms with Crippen molar-refractivity contribution in [2.75, 3.05) is 24.4 Å². The summed E-state index contributed by atoms with van der Waals surface area (Å²) < 4.78 is 36.7. The second-order valence-corrected chi connectivity index (χ2v) is 16.6. The van der Waals surface area contributed by atoms with Gasteiger partial charge in [-0.2, -0.15) is 4.98 Å². The predicted octanol–water partition coefficient (Wildman–Crippen LogP) is 6.61. The molecule has 1 amide bonds. The first-order valence-electron chi connectivity index (χ1n) is 17.3. The molecule has 0 unspecified atom stereocenters. The Balaban J connectivity index is 1.32. The number of aromatic nitrogens is 2. The molecule has 2 aliphatic carbocycles. The first kappa shape index (κ1) is 32.1. The molecule has 6 bridgehead atoms. The summed E-state index contributed by atoms with van der Waals surface area (Å²) in [5.74, 6) is 0.435. The number of amides is 1. The Bertz CT molecular complexity index is 1740. The number of hydrogen-bond acceptors (Lipinski definition) is 7. The molecule has 3 heterocycles. The van der Waals surface area contributed by atoms with E-state index in [0.29, 0.717) is 47.6 Å². The summed E-state index contributed by atoms with van der Waals surface area (Å²) >= 11 is 0. The SMILES string of the molecule is Cc1cccc(C)c1-c1cc2nc(n1)NS(=O)(=O)c1cccc(c1)C(=O)N1C[C@@H](CN(C3CC4(CCCCC4)C3)C[C@H]1CC(C)C)O2. The summed E-state index contributed by atoms with van der Waals surface area (Å²) in [6.07, 6.45) is 9.57. The Morgan fingerprint density at radius 2 is 1.68 bits per heavy atom. The van der Waals surface area contributed by atoms with Crippen LogP contribution in [0.25, 0.3) is 11.3 Å². The average Bonchev–Trinajstić information content (AvgIpc) is 3.17. The molecule has 0 radical (unpaired) electrons. The molecule has 1 spiro atoms. The van der Waals surface area contributed by atoms with Crippen LogP contribution in [-0.2, 0) is 10.0 Å². The van der Waals surface area contributed by atoms with Crippen molar-refractivity contribution >= 4 is 21.9 Å². The number of anilines is 1. The Morgan fingerprint density at radius 3 is 2.40 bits per heavy atom. The average molecular weight is 658 g/mol. The van der Waals surface area contributed by atoms with Crippen molar-refractivity contribution in [1.29, 1.82) is 0 Å². The van der Waals surface area contributed by atoms with E-state index >= 15 is 0 Å². The van der Waals surface area contributed by atoms with Gasteiger partial charge >= 0.3 is 0 Å². The normalized spacial score (nSPS) is 24.3. The summed E-state index contributed by atoms with van der Waals surface area (Å²) in [7, 11) is -4.10. The quantitative estimate of drug-likeness (QED) is 0.337. The highest BCUT2D eigenvalue weighted by Crippen LogP contribution is 2.53. The molecule has 250 valence electrons. The van der Waals surface area contributed by atoms with Crippen LogP contribution in [0.1, 0.15) is 86.7 Å². The van der Waals surface area contributed by atoms with Gasteiger partial charge in [0.15, 0.2) is 0 Å². The zero-order valence-electron chi connectivity index (χ0n) is 28.0. The Hall–Kier alpha value is -3.50. The summed E-state index contributed by atoms with van der Waals surface area (Å²) in [5.41, 5.74) is 4.36. The molecule has 10 heteroatoms. The fourth-order valence-corrected chi connectivity index (χ4v) is 9.59. The van der Waals surface area contributed by atoms with Gasteiger partial charge in [0.05, 0.1) is 17.1 Å². The molecule has 2 saturated carbocycles. The maximum absolute atomic E-state index is 14.4. The first-order valence-corrected chi connectivity index (χ1v) is 18.8. The standard InChI is InChI=1S/C37H47N5O4S/c1-24(2)16-28-21-41(29-19-37(20-29)14-6-5-7-15-37)22-30-23-42(28)35(43)27-12-9-13-31(17-27)47(44,45)40-36-38-32(18-33(39-36)46-30)34-25(3)10-8-11-26(34)4/h8-13,17-18,24,28-30H,5-7,14-16,19-23H2,1-4H3,(H,38,39,40)/t28-,30-/m1/s1. The van der Waals surface area contributed by atoms with E-state index in [9.17, 15) is 13.2 Å². The van der Waals surface area contributed by atoms with E-state index in [4.69, 9.17) is 4.74 Å². The van der Waals surface area contributed by atoms with E-state index in [1.165, 1.54) is 57.1 Å². The van der Waals surface area contributed by atoms with Crippen molar-refractivity contribution in [3.63, 3.8) is 0 Å². The number of nitrogens with one attached hydrogen (secondary N) is 1. The van der Waals surface area contributed by atoms with Crippen molar-refractivity contribution in [3.8, 4) is 17.1 Å². The first-order chi connectivity index (χ1) is 22.5. The molecule has 1 saturated heterocycles. The molecule has 1 N–H and O–H groups in total. The van der Waals surface area contributed by atoms with Crippen LogP contribution in [0.5, 0.6) is 5.88 Å². The number of ether oxygens (including phenoxy) is 1. The van der Waals surface area contributed by atoms with Crippen LogP contribution in [0.15, 0.2) is 53.4 Å². The van der Waals surface area contributed by atoms with Gasteiger partial charge in [0.2, 0.25) is 11.8 Å². The molecule has 1 aromatic heterocycles. The van der Waals surface area contributed by atoms with Gasteiger partial charge in [-0.3, -0.25) is 9.69 Å². The van der Waals surface area contributed by atoms with Gasteiger partial charge in [-0.15, -0.1) is 0 Å². The van der Waals surface area contributed by atoms with E-state index in [1.807, 2.05) is 36.9 Å². The zero-order chi connectivity index (χ0) is 32.9. The van der Waals surface area contributed by atoms with Crippen molar-refractivity contribution in [3.05, 3.63) is 65.2 Å². The topological polar surface area (TPSA) is 105 Å². The zero-order valence-corrected chi connectivity index (χ0v) is 28.9. The minimum Gasteiger partial charge on any atom is -0.471 e. The molecule has 2 aromatic carbocycles. The monoisotopic (exact) mass is 657 g/mol. The third-order valence-electron chi connectivity index (χ3n) is 10.8.